The minimum absolute atomic E-state index is 0.0390. The van der Waals surface area contributed by atoms with Crippen LogP contribution in [0.15, 0.2) is 65.2 Å². The summed E-state index contributed by atoms with van der Waals surface area (Å²) in [5.74, 6) is -0.784. The third-order valence-corrected chi connectivity index (χ3v) is 4.69. The van der Waals surface area contributed by atoms with Crippen LogP contribution in [0, 0.1) is 17.5 Å². The molecule has 0 bridgehead atoms. The summed E-state index contributed by atoms with van der Waals surface area (Å²) in [6.07, 6.45) is 0.678. The van der Waals surface area contributed by atoms with Crippen LogP contribution in [0.5, 0.6) is 5.75 Å². The molecule has 154 valence electrons. The third-order valence-electron chi connectivity index (χ3n) is 4.69. The van der Waals surface area contributed by atoms with E-state index in [-0.39, 0.29) is 17.9 Å². The molecule has 0 aliphatic carbocycles. The van der Waals surface area contributed by atoms with E-state index < -0.39 is 11.6 Å². The molecule has 0 unspecified atom stereocenters. The highest BCUT2D eigenvalue weighted by Gasteiger charge is 2.11. The van der Waals surface area contributed by atoms with E-state index in [1.165, 1.54) is 30.3 Å². The molecule has 0 aliphatic rings. The Morgan fingerprint density at radius 1 is 0.933 bits per heavy atom. The van der Waals surface area contributed by atoms with Crippen molar-refractivity contribution in [1.82, 2.24) is 10.5 Å². The van der Waals surface area contributed by atoms with Gasteiger partial charge in [-0.25, -0.2) is 13.2 Å². The molecular formula is C23H19F3N2O2. The molecule has 4 rings (SSSR count). The number of aromatic nitrogens is 1. The van der Waals surface area contributed by atoms with Crippen LogP contribution in [-0.2, 0) is 6.54 Å². The zero-order valence-corrected chi connectivity index (χ0v) is 16.0. The van der Waals surface area contributed by atoms with Gasteiger partial charge in [0.05, 0.1) is 6.61 Å². The van der Waals surface area contributed by atoms with E-state index in [9.17, 15) is 13.2 Å². The molecule has 4 nitrogen and oxygen atoms in total. The number of nitrogens with zero attached hydrogens (tertiary/aromatic N) is 1. The Bertz CT molecular complexity index is 1120. The third kappa shape index (κ3) is 4.46. The number of nitrogens with one attached hydrogen (secondary N) is 1. The van der Waals surface area contributed by atoms with Gasteiger partial charge in [-0.05, 0) is 61.5 Å². The summed E-state index contributed by atoms with van der Waals surface area (Å²) in [5, 5.41) is 7.78. The highest BCUT2D eigenvalue weighted by molar-refractivity contribution is 5.91. The number of halogens is 3. The Balaban J connectivity index is 1.26. The fourth-order valence-corrected chi connectivity index (χ4v) is 3.13. The van der Waals surface area contributed by atoms with Gasteiger partial charge in [0.2, 0.25) is 0 Å². The Morgan fingerprint density at radius 3 is 2.47 bits per heavy atom. The molecule has 0 saturated carbocycles. The smallest absolute Gasteiger partial charge is 0.170 e. The van der Waals surface area contributed by atoms with Crippen molar-refractivity contribution in [3.8, 4) is 17.0 Å². The normalized spacial score (nSPS) is 11.2. The van der Waals surface area contributed by atoms with Crippen molar-refractivity contribution in [3.05, 3.63) is 83.7 Å². The molecule has 1 aromatic heterocycles. The minimum Gasteiger partial charge on any atom is -0.494 e. The van der Waals surface area contributed by atoms with Gasteiger partial charge in [0, 0.05) is 29.1 Å². The van der Waals surface area contributed by atoms with Crippen LogP contribution in [-0.4, -0.2) is 18.3 Å². The van der Waals surface area contributed by atoms with Crippen molar-refractivity contribution in [2.24, 2.45) is 0 Å². The molecule has 0 atom stereocenters. The van der Waals surface area contributed by atoms with Gasteiger partial charge in [-0.3, -0.25) is 0 Å². The SMILES string of the molecule is Fc1ccc2c(-c3ccc(OCCCNCc4c(F)cccc4F)cc3)noc2c1. The molecule has 0 saturated heterocycles. The summed E-state index contributed by atoms with van der Waals surface area (Å²) in [6.45, 7) is 1.15. The minimum atomic E-state index is -0.552. The van der Waals surface area contributed by atoms with Gasteiger partial charge in [0.15, 0.2) is 5.58 Å². The van der Waals surface area contributed by atoms with Crippen LogP contribution < -0.4 is 10.1 Å². The highest BCUT2D eigenvalue weighted by atomic mass is 19.1. The first kappa shape index (κ1) is 20.0. The van der Waals surface area contributed by atoms with E-state index in [1.807, 2.05) is 24.3 Å². The second kappa shape index (κ2) is 9.00. The predicted molar refractivity (Wildman–Crippen MR) is 108 cm³/mol. The zero-order valence-electron chi connectivity index (χ0n) is 16.0. The van der Waals surface area contributed by atoms with Crippen LogP contribution in [0.25, 0.3) is 22.2 Å². The first-order valence-corrected chi connectivity index (χ1v) is 9.53. The van der Waals surface area contributed by atoms with Gasteiger partial charge in [0.1, 0.15) is 28.9 Å². The van der Waals surface area contributed by atoms with Gasteiger partial charge in [-0.15, -0.1) is 0 Å². The van der Waals surface area contributed by atoms with E-state index in [0.717, 1.165) is 10.9 Å². The molecular weight excluding hydrogens is 393 g/mol. The van der Waals surface area contributed by atoms with Crippen LogP contribution in [0.1, 0.15) is 12.0 Å². The summed E-state index contributed by atoms with van der Waals surface area (Å²) in [5.41, 5.74) is 1.91. The summed E-state index contributed by atoms with van der Waals surface area (Å²) in [7, 11) is 0. The summed E-state index contributed by atoms with van der Waals surface area (Å²) in [6, 6.07) is 15.5. The van der Waals surface area contributed by atoms with Crippen molar-refractivity contribution in [2.45, 2.75) is 13.0 Å². The molecule has 0 amide bonds. The average molecular weight is 412 g/mol. The predicted octanol–water partition coefficient (Wildman–Crippen LogP) is 5.47. The van der Waals surface area contributed by atoms with Gasteiger partial charge in [0.25, 0.3) is 0 Å². The average Bonchev–Trinajstić information content (AvgIpc) is 3.16. The topological polar surface area (TPSA) is 47.3 Å². The Labute approximate surface area is 171 Å². The van der Waals surface area contributed by atoms with E-state index in [4.69, 9.17) is 9.26 Å². The van der Waals surface area contributed by atoms with Crippen molar-refractivity contribution in [1.29, 1.82) is 0 Å². The lowest BCUT2D eigenvalue weighted by molar-refractivity contribution is 0.308. The number of hydrogen-bond donors (Lipinski definition) is 1. The second-order valence-corrected chi connectivity index (χ2v) is 6.78. The van der Waals surface area contributed by atoms with E-state index in [0.29, 0.717) is 36.6 Å². The molecule has 7 heteroatoms. The van der Waals surface area contributed by atoms with Crippen LogP contribution in [0.3, 0.4) is 0 Å². The standard InChI is InChI=1S/C23H19F3N2O2/c24-16-7-10-18-22(13-16)30-28-23(18)15-5-8-17(9-6-15)29-12-2-11-27-14-19-20(25)3-1-4-21(19)26/h1,3-10,13,27H,2,11-12,14H2. The lowest BCUT2D eigenvalue weighted by atomic mass is 10.1. The molecule has 1 N–H and O–H groups in total. The Hall–Kier alpha value is -3.32. The lowest BCUT2D eigenvalue weighted by Crippen LogP contribution is -2.18. The number of rotatable bonds is 8. The molecule has 3 aromatic carbocycles. The molecule has 1 heterocycles. The maximum absolute atomic E-state index is 13.6. The maximum Gasteiger partial charge on any atom is 0.170 e. The summed E-state index contributed by atoms with van der Waals surface area (Å²) >= 11 is 0. The van der Waals surface area contributed by atoms with E-state index >= 15 is 0 Å². The monoisotopic (exact) mass is 412 g/mol. The lowest BCUT2D eigenvalue weighted by Gasteiger charge is -2.09. The van der Waals surface area contributed by atoms with Gasteiger partial charge >= 0.3 is 0 Å². The van der Waals surface area contributed by atoms with Gasteiger partial charge in [-0.1, -0.05) is 11.2 Å². The number of hydrogen-bond acceptors (Lipinski definition) is 4. The number of ether oxygens (including phenoxy) is 1. The quantitative estimate of drug-likeness (QED) is 0.390. The maximum atomic E-state index is 13.6. The van der Waals surface area contributed by atoms with Crippen LogP contribution in [0.2, 0.25) is 0 Å². The Morgan fingerprint density at radius 2 is 1.70 bits per heavy atom. The number of fused-ring (bicyclic) bond motifs is 1. The molecule has 0 spiro atoms. The van der Waals surface area contributed by atoms with E-state index in [2.05, 4.69) is 10.5 Å². The molecule has 4 aromatic rings. The van der Waals surface area contributed by atoms with Crippen molar-refractivity contribution in [2.75, 3.05) is 13.2 Å². The van der Waals surface area contributed by atoms with Crippen molar-refractivity contribution >= 4 is 11.0 Å². The van der Waals surface area contributed by atoms with E-state index in [1.54, 1.807) is 6.07 Å². The largest absolute Gasteiger partial charge is 0.494 e. The van der Waals surface area contributed by atoms with Gasteiger partial charge in [-0.2, -0.15) is 0 Å². The van der Waals surface area contributed by atoms with Crippen LogP contribution >= 0.6 is 0 Å². The number of benzene rings is 3. The molecule has 0 fully saturated rings. The molecule has 30 heavy (non-hydrogen) atoms. The van der Waals surface area contributed by atoms with Gasteiger partial charge < -0.3 is 14.6 Å². The highest BCUT2D eigenvalue weighted by Crippen LogP contribution is 2.29. The first-order valence-electron chi connectivity index (χ1n) is 9.53. The fourth-order valence-electron chi connectivity index (χ4n) is 3.13. The summed E-state index contributed by atoms with van der Waals surface area (Å²) in [4.78, 5) is 0. The molecule has 0 radical (unpaired) electrons. The zero-order chi connectivity index (χ0) is 20.9. The molecule has 0 aliphatic heterocycles. The first-order chi connectivity index (χ1) is 14.6. The van der Waals surface area contributed by atoms with Crippen LogP contribution in [0.4, 0.5) is 13.2 Å². The van der Waals surface area contributed by atoms with Crippen molar-refractivity contribution in [3.63, 3.8) is 0 Å². The second-order valence-electron chi connectivity index (χ2n) is 6.78. The Kier molecular flexibility index (Phi) is 5.99. The fraction of sp³-hybridized carbons (Fsp3) is 0.174. The summed E-state index contributed by atoms with van der Waals surface area (Å²) < 4.78 is 51.3. The van der Waals surface area contributed by atoms with Crippen molar-refractivity contribution < 1.29 is 22.4 Å².